The smallest absolute Gasteiger partial charge is 0.251 e. The standard InChI is InChI=1S/C15H21N3O3/c16-14(18-20)11-4-3-5-12(10-11)15(19)17-8-7-13-6-1-2-9-21-13/h3-5,10,13,20H,1-2,6-9H2,(H2,16,18)(H,17,19). The first-order chi connectivity index (χ1) is 10.2. The quantitative estimate of drug-likeness (QED) is 0.331. The molecule has 2 rings (SSSR count). The Labute approximate surface area is 124 Å². The van der Waals surface area contributed by atoms with E-state index in [0.717, 1.165) is 25.9 Å². The number of carbonyl (C=O) groups excluding carboxylic acids is 1. The number of amides is 1. The van der Waals surface area contributed by atoms with E-state index in [-0.39, 0.29) is 17.8 Å². The molecule has 1 aromatic rings. The first kappa shape index (κ1) is 15.3. The summed E-state index contributed by atoms with van der Waals surface area (Å²) in [6.45, 7) is 1.40. The summed E-state index contributed by atoms with van der Waals surface area (Å²) in [5, 5.41) is 14.4. The van der Waals surface area contributed by atoms with Crippen LogP contribution in [0.5, 0.6) is 0 Å². The summed E-state index contributed by atoms with van der Waals surface area (Å²) < 4.78 is 5.62. The average Bonchev–Trinajstić information content (AvgIpc) is 2.55. The van der Waals surface area contributed by atoms with Gasteiger partial charge in [-0.25, -0.2) is 0 Å². The van der Waals surface area contributed by atoms with Gasteiger partial charge >= 0.3 is 0 Å². The normalized spacial score (nSPS) is 19.2. The van der Waals surface area contributed by atoms with Gasteiger partial charge in [0, 0.05) is 24.3 Å². The second-order valence-corrected chi connectivity index (χ2v) is 5.10. The maximum Gasteiger partial charge on any atom is 0.251 e. The molecule has 0 saturated carbocycles. The molecule has 1 saturated heterocycles. The van der Waals surface area contributed by atoms with Crippen LogP contribution in [0.4, 0.5) is 0 Å². The zero-order valence-corrected chi connectivity index (χ0v) is 11.9. The largest absolute Gasteiger partial charge is 0.409 e. The number of oxime groups is 1. The Morgan fingerprint density at radius 2 is 2.24 bits per heavy atom. The lowest BCUT2D eigenvalue weighted by Crippen LogP contribution is -2.29. The van der Waals surface area contributed by atoms with Crippen molar-refractivity contribution in [2.24, 2.45) is 10.9 Å². The molecule has 0 aliphatic carbocycles. The third-order valence-corrected chi connectivity index (χ3v) is 3.55. The highest BCUT2D eigenvalue weighted by Crippen LogP contribution is 2.15. The Balaban J connectivity index is 1.85. The van der Waals surface area contributed by atoms with E-state index in [9.17, 15) is 4.79 Å². The maximum absolute atomic E-state index is 12.1. The van der Waals surface area contributed by atoms with Crippen LogP contribution in [0.2, 0.25) is 0 Å². The third kappa shape index (κ3) is 4.46. The fourth-order valence-corrected chi connectivity index (χ4v) is 2.36. The summed E-state index contributed by atoms with van der Waals surface area (Å²) in [6, 6.07) is 6.68. The number of nitrogens with one attached hydrogen (secondary N) is 1. The van der Waals surface area contributed by atoms with Crippen molar-refractivity contribution in [1.82, 2.24) is 5.32 Å². The molecule has 1 aromatic carbocycles. The van der Waals surface area contributed by atoms with Crippen molar-refractivity contribution in [3.63, 3.8) is 0 Å². The minimum absolute atomic E-state index is 0.0137. The van der Waals surface area contributed by atoms with E-state index in [1.165, 1.54) is 6.42 Å². The molecule has 0 bridgehead atoms. The number of carbonyl (C=O) groups is 1. The average molecular weight is 291 g/mol. The topological polar surface area (TPSA) is 96.9 Å². The van der Waals surface area contributed by atoms with Crippen LogP contribution in [0.25, 0.3) is 0 Å². The zero-order valence-electron chi connectivity index (χ0n) is 11.9. The number of amidine groups is 1. The Morgan fingerprint density at radius 1 is 1.43 bits per heavy atom. The lowest BCUT2D eigenvalue weighted by Gasteiger charge is -2.22. The Kier molecular flexibility index (Phi) is 5.57. The fraction of sp³-hybridized carbons (Fsp3) is 0.467. The monoisotopic (exact) mass is 291 g/mol. The predicted octanol–water partition coefficient (Wildman–Crippen LogP) is 1.47. The van der Waals surface area contributed by atoms with Gasteiger partial charge in [-0.2, -0.15) is 0 Å². The fourth-order valence-electron chi connectivity index (χ4n) is 2.36. The van der Waals surface area contributed by atoms with Crippen LogP contribution in [-0.4, -0.2) is 36.2 Å². The predicted molar refractivity (Wildman–Crippen MR) is 79.5 cm³/mol. The molecule has 6 heteroatoms. The van der Waals surface area contributed by atoms with E-state index in [4.69, 9.17) is 15.7 Å². The Bertz CT molecular complexity index is 511. The molecule has 4 N–H and O–H groups in total. The van der Waals surface area contributed by atoms with E-state index in [0.29, 0.717) is 17.7 Å². The summed E-state index contributed by atoms with van der Waals surface area (Å²) >= 11 is 0. The molecule has 1 atom stereocenters. The number of hydrogen-bond acceptors (Lipinski definition) is 4. The van der Waals surface area contributed by atoms with Crippen molar-refractivity contribution in [2.75, 3.05) is 13.2 Å². The van der Waals surface area contributed by atoms with Crippen molar-refractivity contribution >= 4 is 11.7 Å². The molecule has 1 aliphatic rings. The van der Waals surface area contributed by atoms with Gasteiger partial charge in [-0.1, -0.05) is 17.3 Å². The van der Waals surface area contributed by atoms with Crippen LogP contribution in [0, 0.1) is 0 Å². The van der Waals surface area contributed by atoms with Gasteiger partial charge in [0.25, 0.3) is 5.91 Å². The van der Waals surface area contributed by atoms with Gasteiger partial charge in [-0.05, 0) is 37.8 Å². The summed E-state index contributed by atoms with van der Waals surface area (Å²) in [7, 11) is 0. The minimum atomic E-state index is -0.168. The molecule has 1 amide bonds. The number of benzene rings is 1. The molecule has 1 heterocycles. The zero-order chi connectivity index (χ0) is 15.1. The number of hydrogen-bond donors (Lipinski definition) is 3. The van der Waals surface area contributed by atoms with E-state index >= 15 is 0 Å². The third-order valence-electron chi connectivity index (χ3n) is 3.55. The van der Waals surface area contributed by atoms with Crippen molar-refractivity contribution in [1.29, 1.82) is 0 Å². The highest BCUT2D eigenvalue weighted by molar-refractivity contribution is 6.01. The SMILES string of the molecule is N/C(=N/O)c1cccc(C(=O)NCCC2CCCCO2)c1. The molecular weight excluding hydrogens is 270 g/mol. The number of rotatable bonds is 5. The van der Waals surface area contributed by atoms with Crippen LogP contribution in [0.1, 0.15) is 41.6 Å². The molecule has 1 fully saturated rings. The van der Waals surface area contributed by atoms with Gasteiger partial charge in [-0.15, -0.1) is 0 Å². The maximum atomic E-state index is 12.1. The molecule has 0 spiro atoms. The van der Waals surface area contributed by atoms with E-state index in [1.807, 2.05) is 0 Å². The molecule has 1 aliphatic heterocycles. The van der Waals surface area contributed by atoms with Crippen LogP contribution < -0.4 is 11.1 Å². The summed E-state index contributed by atoms with van der Waals surface area (Å²) in [4.78, 5) is 12.1. The Hall–Kier alpha value is -2.08. The summed E-state index contributed by atoms with van der Waals surface area (Å²) in [5.74, 6) is -0.182. The highest BCUT2D eigenvalue weighted by Gasteiger charge is 2.14. The molecule has 0 aromatic heterocycles. The summed E-state index contributed by atoms with van der Waals surface area (Å²) in [6.07, 6.45) is 4.47. The molecule has 6 nitrogen and oxygen atoms in total. The molecular formula is C15H21N3O3. The van der Waals surface area contributed by atoms with E-state index < -0.39 is 0 Å². The van der Waals surface area contributed by atoms with Gasteiger partial charge in [0.05, 0.1) is 6.10 Å². The van der Waals surface area contributed by atoms with Crippen LogP contribution in [0.3, 0.4) is 0 Å². The van der Waals surface area contributed by atoms with E-state index in [2.05, 4.69) is 10.5 Å². The first-order valence-electron chi connectivity index (χ1n) is 7.18. The van der Waals surface area contributed by atoms with E-state index in [1.54, 1.807) is 24.3 Å². The van der Waals surface area contributed by atoms with Crippen LogP contribution >= 0.6 is 0 Å². The molecule has 0 radical (unpaired) electrons. The van der Waals surface area contributed by atoms with Crippen molar-refractivity contribution < 1.29 is 14.7 Å². The van der Waals surface area contributed by atoms with Gasteiger partial charge in [0.1, 0.15) is 0 Å². The lowest BCUT2D eigenvalue weighted by molar-refractivity contribution is 0.0117. The lowest BCUT2D eigenvalue weighted by atomic mass is 10.1. The van der Waals surface area contributed by atoms with Crippen molar-refractivity contribution in [3.8, 4) is 0 Å². The number of nitrogens with two attached hydrogens (primary N) is 1. The number of ether oxygens (including phenoxy) is 1. The van der Waals surface area contributed by atoms with Crippen LogP contribution in [-0.2, 0) is 4.74 Å². The first-order valence-corrected chi connectivity index (χ1v) is 7.18. The molecule has 21 heavy (non-hydrogen) atoms. The Morgan fingerprint density at radius 3 is 2.95 bits per heavy atom. The van der Waals surface area contributed by atoms with Crippen LogP contribution in [0.15, 0.2) is 29.4 Å². The molecule has 1 unspecified atom stereocenters. The highest BCUT2D eigenvalue weighted by atomic mass is 16.5. The second-order valence-electron chi connectivity index (χ2n) is 5.10. The molecule has 114 valence electrons. The minimum Gasteiger partial charge on any atom is -0.409 e. The second kappa shape index (κ2) is 7.64. The van der Waals surface area contributed by atoms with Crippen molar-refractivity contribution in [3.05, 3.63) is 35.4 Å². The van der Waals surface area contributed by atoms with Crippen molar-refractivity contribution in [2.45, 2.75) is 31.8 Å². The van der Waals surface area contributed by atoms with Gasteiger partial charge < -0.3 is 21.0 Å². The van der Waals surface area contributed by atoms with Gasteiger partial charge in [0.2, 0.25) is 0 Å². The van der Waals surface area contributed by atoms with Gasteiger partial charge in [0.15, 0.2) is 5.84 Å². The number of nitrogens with zero attached hydrogens (tertiary/aromatic N) is 1. The van der Waals surface area contributed by atoms with Gasteiger partial charge in [-0.3, -0.25) is 4.79 Å². The summed E-state index contributed by atoms with van der Waals surface area (Å²) in [5.41, 5.74) is 6.52.